The molecular weight excluding hydrogens is 395 g/mol. The van der Waals surface area contributed by atoms with E-state index < -0.39 is 7.82 Å². The minimum Gasteiger partial charge on any atom is -0.395 e. The summed E-state index contributed by atoms with van der Waals surface area (Å²) in [4.78, 5) is 0. The predicted molar refractivity (Wildman–Crippen MR) is 124 cm³/mol. The van der Waals surface area contributed by atoms with Gasteiger partial charge in [0.1, 0.15) is 11.5 Å². The normalized spacial score (nSPS) is 13.0. The molecule has 0 saturated heterocycles. The SMILES string of the molecule is CCCCCCCCCCCCOP(=O)(Oc1ccccc1)Oc1ccccc1C. The van der Waals surface area contributed by atoms with Crippen LogP contribution in [0.25, 0.3) is 0 Å². The predicted octanol–water partition coefficient (Wildman–Crippen LogP) is 8.50. The van der Waals surface area contributed by atoms with Gasteiger partial charge >= 0.3 is 7.82 Å². The number of unbranched alkanes of at least 4 members (excludes halogenated alkanes) is 9. The van der Waals surface area contributed by atoms with Gasteiger partial charge in [-0.05, 0) is 37.1 Å². The van der Waals surface area contributed by atoms with Crippen molar-refractivity contribution in [3.8, 4) is 11.5 Å². The van der Waals surface area contributed by atoms with Gasteiger partial charge in [0.2, 0.25) is 0 Å². The summed E-state index contributed by atoms with van der Waals surface area (Å²) < 4.78 is 30.4. The molecule has 0 fully saturated rings. The van der Waals surface area contributed by atoms with Crippen LogP contribution in [0.1, 0.15) is 76.7 Å². The summed E-state index contributed by atoms with van der Waals surface area (Å²) in [5.41, 5.74) is 0.886. The van der Waals surface area contributed by atoms with Crippen LogP contribution in [0.5, 0.6) is 11.5 Å². The van der Waals surface area contributed by atoms with Crippen LogP contribution >= 0.6 is 7.82 Å². The van der Waals surface area contributed by atoms with Crippen molar-refractivity contribution in [3.05, 3.63) is 60.2 Å². The van der Waals surface area contributed by atoms with E-state index in [1.54, 1.807) is 18.2 Å². The maximum Gasteiger partial charge on any atom is 0.587 e. The zero-order valence-electron chi connectivity index (χ0n) is 18.6. The van der Waals surface area contributed by atoms with Gasteiger partial charge in [0, 0.05) is 0 Å². The number of rotatable bonds is 16. The van der Waals surface area contributed by atoms with E-state index in [-0.39, 0.29) is 0 Å². The molecular formula is C25H37O4P. The first kappa shape index (κ1) is 24.5. The van der Waals surface area contributed by atoms with Crippen molar-refractivity contribution in [3.63, 3.8) is 0 Å². The lowest BCUT2D eigenvalue weighted by Crippen LogP contribution is -2.07. The highest BCUT2D eigenvalue weighted by atomic mass is 31.2. The number of phosphoric ester groups is 1. The average molecular weight is 433 g/mol. The molecule has 0 spiro atoms. The van der Waals surface area contributed by atoms with E-state index >= 15 is 0 Å². The minimum atomic E-state index is -3.77. The van der Waals surface area contributed by atoms with Crippen molar-refractivity contribution in [1.82, 2.24) is 0 Å². The van der Waals surface area contributed by atoms with Gasteiger partial charge < -0.3 is 9.05 Å². The Kier molecular flexibility index (Phi) is 11.7. The van der Waals surface area contributed by atoms with Crippen molar-refractivity contribution in [1.29, 1.82) is 0 Å². The van der Waals surface area contributed by atoms with Gasteiger partial charge in [0.15, 0.2) is 0 Å². The standard InChI is InChI=1S/C25H37O4P/c1-3-4-5-6-7-8-9-10-11-17-22-27-30(26,28-24-19-13-12-14-20-24)29-25-21-16-15-18-23(25)2/h12-16,18-21H,3-11,17,22H2,1-2H3. The van der Waals surface area contributed by atoms with Gasteiger partial charge in [0.25, 0.3) is 0 Å². The lowest BCUT2D eigenvalue weighted by atomic mass is 10.1. The Morgan fingerprint density at radius 2 is 1.27 bits per heavy atom. The summed E-state index contributed by atoms with van der Waals surface area (Å²) in [6, 6.07) is 16.5. The molecule has 4 nitrogen and oxygen atoms in total. The van der Waals surface area contributed by atoms with Gasteiger partial charge in [-0.15, -0.1) is 0 Å². The molecule has 0 aliphatic heterocycles. The third kappa shape index (κ3) is 9.82. The van der Waals surface area contributed by atoms with E-state index in [0.29, 0.717) is 18.1 Å². The summed E-state index contributed by atoms with van der Waals surface area (Å²) in [5, 5.41) is 0. The fraction of sp³-hybridized carbons (Fsp3) is 0.520. The fourth-order valence-corrected chi connectivity index (χ4v) is 4.55. The van der Waals surface area contributed by atoms with E-state index in [2.05, 4.69) is 6.92 Å². The van der Waals surface area contributed by atoms with Crippen molar-refractivity contribution < 1.29 is 18.1 Å². The third-order valence-corrected chi connectivity index (χ3v) is 6.36. The summed E-state index contributed by atoms with van der Waals surface area (Å²) in [6.45, 7) is 4.51. The maximum atomic E-state index is 13.3. The highest BCUT2D eigenvalue weighted by molar-refractivity contribution is 7.49. The second kappa shape index (κ2) is 14.3. The molecule has 2 aromatic carbocycles. The first-order chi connectivity index (χ1) is 14.6. The highest BCUT2D eigenvalue weighted by Crippen LogP contribution is 2.50. The average Bonchev–Trinajstić information content (AvgIpc) is 2.74. The highest BCUT2D eigenvalue weighted by Gasteiger charge is 2.31. The fourth-order valence-electron chi connectivity index (χ4n) is 3.23. The molecule has 1 atom stereocenters. The van der Waals surface area contributed by atoms with Crippen molar-refractivity contribution in [2.24, 2.45) is 0 Å². The number of hydrogen-bond acceptors (Lipinski definition) is 4. The Balaban J connectivity index is 1.76. The molecule has 0 N–H and O–H groups in total. The molecule has 166 valence electrons. The first-order valence-electron chi connectivity index (χ1n) is 11.4. The largest absolute Gasteiger partial charge is 0.587 e. The van der Waals surface area contributed by atoms with E-state index in [1.165, 1.54) is 51.4 Å². The molecule has 0 bridgehead atoms. The summed E-state index contributed by atoms with van der Waals surface area (Å²) in [5.74, 6) is 0.984. The van der Waals surface area contributed by atoms with E-state index in [9.17, 15) is 4.57 Å². The molecule has 0 heterocycles. The minimum absolute atomic E-state index is 0.354. The summed E-state index contributed by atoms with van der Waals surface area (Å²) in [7, 11) is -3.77. The molecule has 2 rings (SSSR count). The molecule has 0 aliphatic carbocycles. The zero-order valence-corrected chi connectivity index (χ0v) is 19.4. The number of para-hydroxylation sites is 2. The van der Waals surface area contributed by atoms with Gasteiger partial charge in [-0.25, -0.2) is 4.57 Å². The Bertz CT molecular complexity index is 748. The molecule has 0 radical (unpaired) electrons. The second-order valence-electron chi connectivity index (χ2n) is 7.72. The van der Waals surface area contributed by atoms with Crippen LogP contribution in [0.4, 0.5) is 0 Å². The molecule has 0 aromatic heterocycles. The van der Waals surface area contributed by atoms with Crippen LogP contribution in [0.3, 0.4) is 0 Å². The Morgan fingerprint density at radius 1 is 0.700 bits per heavy atom. The van der Waals surface area contributed by atoms with Crippen LogP contribution in [-0.2, 0) is 9.09 Å². The third-order valence-electron chi connectivity index (χ3n) is 5.01. The van der Waals surface area contributed by atoms with Crippen LogP contribution < -0.4 is 9.05 Å². The first-order valence-corrected chi connectivity index (χ1v) is 12.8. The second-order valence-corrected chi connectivity index (χ2v) is 9.24. The van der Waals surface area contributed by atoms with E-state index in [4.69, 9.17) is 13.6 Å². The van der Waals surface area contributed by atoms with Crippen molar-refractivity contribution in [2.45, 2.75) is 78.1 Å². The molecule has 30 heavy (non-hydrogen) atoms. The smallest absolute Gasteiger partial charge is 0.395 e. The maximum absolute atomic E-state index is 13.3. The number of phosphoric acid groups is 1. The molecule has 0 aliphatic rings. The van der Waals surface area contributed by atoms with Gasteiger partial charge in [0.05, 0.1) is 6.61 Å². The Morgan fingerprint density at radius 3 is 1.90 bits per heavy atom. The van der Waals surface area contributed by atoms with E-state index in [0.717, 1.165) is 18.4 Å². The zero-order chi connectivity index (χ0) is 21.5. The van der Waals surface area contributed by atoms with Crippen molar-refractivity contribution in [2.75, 3.05) is 6.61 Å². The molecule has 5 heteroatoms. The number of hydrogen-bond donors (Lipinski definition) is 0. The number of benzene rings is 2. The lowest BCUT2D eigenvalue weighted by Gasteiger charge is -2.20. The number of aryl methyl sites for hydroxylation is 1. The Labute approximate surface area is 182 Å². The molecule has 1 unspecified atom stereocenters. The molecule has 0 amide bonds. The molecule has 0 saturated carbocycles. The van der Waals surface area contributed by atoms with E-state index in [1.807, 2.05) is 43.3 Å². The van der Waals surface area contributed by atoms with Crippen LogP contribution in [-0.4, -0.2) is 6.61 Å². The van der Waals surface area contributed by atoms with Gasteiger partial charge in [-0.1, -0.05) is 101 Å². The van der Waals surface area contributed by atoms with Crippen LogP contribution in [0.2, 0.25) is 0 Å². The monoisotopic (exact) mass is 432 g/mol. The van der Waals surface area contributed by atoms with Crippen LogP contribution in [0.15, 0.2) is 54.6 Å². The quantitative estimate of drug-likeness (QED) is 0.197. The topological polar surface area (TPSA) is 44.8 Å². The van der Waals surface area contributed by atoms with Crippen LogP contribution in [0, 0.1) is 6.92 Å². The summed E-state index contributed by atoms with van der Waals surface area (Å²) >= 11 is 0. The van der Waals surface area contributed by atoms with Crippen molar-refractivity contribution >= 4 is 7.82 Å². The molecule has 2 aromatic rings. The lowest BCUT2D eigenvalue weighted by molar-refractivity contribution is 0.205. The van der Waals surface area contributed by atoms with Gasteiger partial charge in [-0.2, -0.15) is 0 Å². The summed E-state index contributed by atoms with van der Waals surface area (Å²) in [6.07, 6.45) is 12.3. The Hall–Kier alpha value is -1.77. The van der Waals surface area contributed by atoms with Gasteiger partial charge in [-0.3, -0.25) is 4.52 Å².